The van der Waals surface area contributed by atoms with Crippen LogP contribution in [0.1, 0.15) is 27.9 Å². The minimum atomic E-state index is -0.0189. The van der Waals surface area contributed by atoms with Gasteiger partial charge in [-0.25, -0.2) is 0 Å². The first-order chi connectivity index (χ1) is 9.33. The first kappa shape index (κ1) is 11.8. The lowest BCUT2D eigenvalue weighted by Gasteiger charge is -2.18. The molecule has 0 spiro atoms. The number of carbonyl (C=O) groups excluding carboxylic acids is 1. The summed E-state index contributed by atoms with van der Waals surface area (Å²) in [6.07, 6.45) is 5.91. The molecule has 0 atom stereocenters. The van der Waals surface area contributed by atoms with Crippen molar-refractivity contribution in [2.75, 3.05) is 11.9 Å². The van der Waals surface area contributed by atoms with Gasteiger partial charge in [-0.15, -0.1) is 0 Å². The Bertz CT molecular complexity index is 575. The molecular weight excluding hydrogens is 238 g/mol. The van der Waals surface area contributed by atoms with Crippen molar-refractivity contribution in [2.24, 2.45) is 0 Å². The van der Waals surface area contributed by atoms with E-state index in [2.05, 4.69) is 15.6 Å². The van der Waals surface area contributed by atoms with Crippen molar-refractivity contribution in [2.45, 2.75) is 19.4 Å². The van der Waals surface area contributed by atoms with Gasteiger partial charge >= 0.3 is 0 Å². The molecule has 0 saturated carbocycles. The largest absolute Gasteiger partial charge is 0.385 e. The summed E-state index contributed by atoms with van der Waals surface area (Å²) in [7, 11) is 0. The number of fused-ring (bicyclic) bond motifs is 1. The van der Waals surface area contributed by atoms with Crippen LogP contribution in [0.5, 0.6) is 0 Å². The van der Waals surface area contributed by atoms with Crippen molar-refractivity contribution < 1.29 is 4.79 Å². The van der Waals surface area contributed by atoms with Gasteiger partial charge in [-0.3, -0.25) is 4.79 Å². The van der Waals surface area contributed by atoms with E-state index in [1.165, 1.54) is 5.56 Å². The number of benzene rings is 1. The zero-order chi connectivity index (χ0) is 13.1. The third kappa shape index (κ3) is 2.62. The van der Waals surface area contributed by atoms with Gasteiger partial charge in [0.15, 0.2) is 0 Å². The lowest BCUT2D eigenvalue weighted by molar-refractivity contribution is 0.0951. The molecule has 1 amide bonds. The van der Waals surface area contributed by atoms with Crippen LogP contribution < -0.4 is 10.6 Å². The lowest BCUT2D eigenvalue weighted by Crippen LogP contribution is -2.23. The highest BCUT2D eigenvalue weighted by molar-refractivity contribution is 5.94. The summed E-state index contributed by atoms with van der Waals surface area (Å²) in [5.74, 6) is -0.0189. The maximum absolute atomic E-state index is 12.1. The predicted molar refractivity (Wildman–Crippen MR) is 75.2 cm³/mol. The third-order valence-electron chi connectivity index (χ3n) is 3.42. The molecule has 3 rings (SSSR count). The van der Waals surface area contributed by atoms with E-state index in [1.54, 1.807) is 0 Å². The van der Waals surface area contributed by atoms with E-state index in [0.29, 0.717) is 6.54 Å². The van der Waals surface area contributed by atoms with Gasteiger partial charge in [0.2, 0.25) is 0 Å². The summed E-state index contributed by atoms with van der Waals surface area (Å²) < 4.78 is 0. The van der Waals surface area contributed by atoms with Crippen molar-refractivity contribution >= 4 is 11.6 Å². The van der Waals surface area contributed by atoms with E-state index in [9.17, 15) is 4.79 Å². The van der Waals surface area contributed by atoms with Gasteiger partial charge in [0.1, 0.15) is 0 Å². The van der Waals surface area contributed by atoms with E-state index >= 15 is 0 Å². The number of hydrogen-bond acceptors (Lipinski definition) is 2. The van der Waals surface area contributed by atoms with Crippen molar-refractivity contribution in [3.63, 3.8) is 0 Å². The molecule has 1 aliphatic rings. The fourth-order valence-corrected chi connectivity index (χ4v) is 2.37. The Morgan fingerprint density at radius 2 is 2.26 bits per heavy atom. The molecule has 2 heterocycles. The van der Waals surface area contributed by atoms with Gasteiger partial charge in [0.05, 0.1) is 0 Å². The van der Waals surface area contributed by atoms with Crippen molar-refractivity contribution in [1.29, 1.82) is 0 Å². The Morgan fingerprint density at radius 1 is 1.32 bits per heavy atom. The van der Waals surface area contributed by atoms with Crippen LogP contribution in [0.2, 0.25) is 0 Å². The fourth-order valence-electron chi connectivity index (χ4n) is 2.37. The number of aromatic amines is 1. The summed E-state index contributed by atoms with van der Waals surface area (Å²) in [6, 6.07) is 7.83. The Morgan fingerprint density at radius 3 is 3.11 bits per heavy atom. The lowest BCUT2D eigenvalue weighted by atomic mass is 10.0. The molecule has 0 aliphatic carbocycles. The number of hydrogen-bond donors (Lipinski definition) is 3. The highest BCUT2D eigenvalue weighted by atomic mass is 16.1. The second kappa shape index (κ2) is 5.18. The molecule has 1 aromatic carbocycles. The number of amides is 1. The Kier molecular flexibility index (Phi) is 3.23. The van der Waals surface area contributed by atoms with E-state index in [4.69, 9.17) is 0 Å². The minimum Gasteiger partial charge on any atom is -0.385 e. The molecule has 0 fully saturated rings. The highest BCUT2D eigenvalue weighted by Gasteiger charge is 2.12. The number of aromatic nitrogens is 1. The SMILES string of the molecule is O=C(NCc1cc[nH]c1)c1ccc2c(c1)CCCN2. The summed E-state index contributed by atoms with van der Waals surface area (Å²) in [5.41, 5.74) is 4.21. The van der Waals surface area contributed by atoms with E-state index in [-0.39, 0.29) is 5.91 Å². The zero-order valence-corrected chi connectivity index (χ0v) is 10.7. The molecule has 0 unspecified atom stereocenters. The standard InChI is InChI=1S/C15H17N3O/c19-15(18-10-11-5-7-16-9-11)13-3-4-14-12(8-13)2-1-6-17-14/h3-5,7-9,16-17H,1-2,6,10H2,(H,18,19). The molecule has 2 aromatic rings. The Hall–Kier alpha value is -2.23. The van der Waals surface area contributed by atoms with Crippen LogP contribution in [-0.4, -0.2) is 17.4 Å². The number of carbonyl (C=O) groups is 1. The Balaban J connectivity index is 1.69. The van der Waals surface area contributed by atoms with Crippen molar-refractivity contribution in [1.82, 2.24) is 10.3 Å². The van der Waals surface area contributed by atoms with E-state index in [1.807, 2.05) is 36.7 Å². The predicted octanol–water partition coefficient (Wildman–Crippen LogP) is 2.30. The molecule has 0 bridgehead atoms. The average Bonchev–Trinajstić information content (AvgIpc) is 2.97. The van der Waals surface area contributed by atoms with E-state index < -0.39 is 0 Å². The average molecular weight is 255 g/mol. The number of anilines is 1. The van der Waals surface area contributed by atoms with Crippen LogP contribution >= 0.6 is 0 Å². The van der Waals surface area contributed by atoms with Crippen LogP contribution in [-0.2, 0) is 13.0 Å². The summed E-state index contributed by atoms with van der Waals surface area (Å²) in [4.78, 5) is 15.1. The molecule has 98 valence electrons. The number of aryl methyl sites for hydroxylation is 1. The number of H-pyrrole nitrogens is 1. The maximum atomic E-state index is 12.1. The number of nitrogens with one attached hydrogen (secondary N) is 3. The van der Waals surface area contributed by atoms with Gasteiger partial charge in [-0.05, 0) is 48.2 Å². The second-order valence-corrected chi connectivity index (χ2v) is 4.80. The quantitative estimate of drug-likeness (QED) is 0.788. The monoisotopic (exact) mass is 255 g/mol. The topological polar surface area (TPSA) is 56.9 Å². The molecule has 1 aliphatic heterocycles. The molecule has 0 radical (unpaired) electrons. The summed E-state index contributed by atoms with van der Waals surface area (Å²) in [5, 5.41) is 6.28. The van der Waals surface area contributed by atoms with Gasteiger partial charge in [-0.2, -0.15) is 0 Å². The van der Waals surface area contributed by atoms with Gasteiger partial charge in [0, 0.05) is 36.7 Å². The third-order valence-corrected chi connectivity index (χ3v) is 3.42. The molecule has 4 heteroatoms. The van der Waals surface area contributed by atoms with Gasteiger partial charge in [-0.1, -0.05) is 0 Å². The summed E-state index contributed by atoms with van der Waals surface area (Å²) in [6.45, 7) is 1.57. The van der Waals surface area contributed by atoms with Gasteiger partial charge in [0.25, 0.3) is 5.91 Å². The van der Waals surface area contributed by atoms with Crippen LogP contribution in [0.4, 0.5) is 5.69 Å². The molecule has 19 heavy (non-hydrogen) atoms. The molecule has 0 saturated heterocycles. The first-order valence-electron chi connectivity index (χ1n) is 6.59. The number of rotatable bonds is 3. The fraction of sp³-hybridized carbons (Fsp3) is 0.267. The van der Waals surface area contributed by atoms with Crippen molar-refractivity contribution in [3.05, 3.63) is 53.3 Å². The zero-order valence-electron chi connectivity index (χ0n) is 10.7. The molecule has 4 nitrogen and oxygen atoms in total. The van der Waals surface area contributed by atoms with Gasteiger partial charge < -0.3 is 15.6 Å². The molecular formula is C15H17N3O. The normalized spacial score (nSPS) is 13.5. The molecule has 1 aromatic heterocycles. The molecule has 3 N–H and O–H groups in total. The Labute approximate surface area is 112 Å². The van der Waals surface area contributed by atoms with Crippen molar-refractivity contribution in [3.8, 4) is 0 Å². The smallest absolute Gasteiger partial charge is 0.251 e. The highest BCUT2D eigenvalue weighted by Crippen LogP contribution is 2.22. The summed E-state index contributed by atoms with van der Waals surface area (Å²) >= 11 is 0. The second-order valence-electron chi connectivity index (χ2n) is 4.80. The van der Waals surface area contributed by atoms with E-state index in [0.717, 1.165) is 36.2 Å². The minimum absolute atomic E-state index is 0.0189. The van der Waals surface area contributed by atoms with Crippen LogP contribution in [0.25, 0.3) is 0 Å². The van der Waals surface area contributed by atoms with Crippen LogP contribution in [0.15, 0.2) is 36.7 Å². The van der Waals surface area contributed by atoms with Crippen LogP contribution in [0, 0.1) is 0 Å². The first-order valence-corrected chi connectivity index (χ1v) is 6.59. The maximum Gasteiger partial charge on any atom is 0.251 e. The van der Waals surface area contributed by atoms with Crippen LogP contribution in [0.3, 0.4) is 0 Å².